The number of halogens is 1. The van der Waals surface area contributed by atoms with Crippen molar-refractivity contribution < 1.29 is 14.6 Å². The van der Waals surface area contributed by atoms with E-state index in [0.29, 0.717) is 12.0 Å². The summed E-state index contributed by atoms with van der Waals surface area (Å²) in [5, 5.41) is 13.0. The van der Waals surface area contributed by atoms with Crippen LogP contribution in [-0.2, 0) is 10.5 Å². The Hall–Kier alpha value is -0.820. The summed E-state index contributed by atoms with van der Waals surface area (Å²) in [5.41, 5.74) is 0.614. The molecule has 1 atom stereocenters. The van der Waals surface area contributed by atoms with Gasteiger partial charge in [0.05, 0.1) is 0 Å². The summed E-state index contributed by atoms with van der Waals surface area (Å²) in [5.74, 6) is -1.40. The van der Waals surface area contributed by atoms with Crippen LogP contribution in [0.25, 0.3) is 0 Å². The molecule has 1 aromatic rings. The molecule has 100 valence electrons. The van der Waals surface area contributed by atoms with E-state index in [1.807, 2.05) is 32.0 Å². The second-order valence-corrected chi connectivity index (χ2v) is 5.66. The van der Waals surface area contributed by atoms with E-state index < -0.39 is 11.9 Å². The predicted octanol–water partition coefficient (Wildman–Crippen LogP) is 2.84. The van der Waals surface area contributed by atoms with Gasteiger partial charge >= 0.3 is 6.09 Å². The molecule has 0 aliphatic heterocycles. The minimum absolute atomic E-state index is 0.190. The van der Waals surface area contributed by atoms with Crippen LogP contribution in [0.1, 0.15) is 25.8 Å². The first kappa shape index (κ1) is 15.2. The van der Waals surface area contributed by atoms with Gasteiger partial charge in [0.1, 0.15) is 0 Å². The van der Waals surface area contributed by atoms with E-state index >= 15 is 0 Å². The molecule has 1 rings (SSSR count). The van der Waals surface area contributed by atoms with Crippen LogP contribution in [-0.4, -0.2) is 18.2 Å². The first-order valence-corrected chi connectivity index (χ1v) is 6.85. The average Bonchev–Trinajstić information content (AvgIpc) is 2.28. The Morgan fingerprint density at radius 3 is 2.61 bits per heavy atom. The Morgan fingerprint density at radius 2 is 2.11 bits per heavy atom. The minimum Gasteiger partial charge on any atom is -0.413 e. The van der Waals surface area contributed by atoms with Crippen molar-refractivity contribution in [3.63, 3.8) is 0 Å². The summed E-state index contributed by atoms with van der Waals surface area (Å²) >= 11 is 2.12. The zero-order valence-corrected chi connectivity index (χ0v) is 12.9. The van der Waals surface area contributed by atoms with Crippen LogP contribution in [0.3, 0.4) is 0 Å². The molecule has 1 amide bonds. The third-order valence-electron chi connectivity index (χ3n) is 2.45. The van der Waals surface area contributed by atoms with Crippen molar-refractivity contribution in [2.24, 2.45) is 5.92 Å². The van der Waals surface area contributed by atoms with E-state index in [4.69, 9.17) is 4.74 Å². The van der Waals surface area contributed by atoms with Gasteiger partial charge in [0.15, 0.2) is 0 Å². The maximum absolute atomic E-state index is 11.4. The monoisotopic (exact) mass is 363 g/mol. The van der Waals surface area contributed by atoms with Crippen molar-refractivity contribution in [2.45, 2.75) is 26.1 Å². The summed E-state index contributed by atoms with van der Waals surface area (Å²) in [4.78, 5) is 11.4. The average molecular weight is 363 g/mol. The molecule has 0 bridgehead atoms. The van der Waals surface area contributed by atoms with Gasteiger partial charge in [0, 0.05) is 22.6 Å². The molecule has 0 aliphatic rings. The van der Waals surface area contributed by atoms with Crippen LogP contribution in [0.5, 0.6) is 0 Å². The van der Waals surface area contributed by atoms with Crippen molar-refractivity contribution >= 4 is 28.7 Å². The number of carbonyl (C=O) groups excluding carboxylic acids is 1. The Labute approximate surface area is 121 Å². The van der Waals surface area contributed by atoms with Gasteiger partial charge < -0.3 is 15.2 Å². The lowest BCUT2D eigenvalue weighted by Gasteiger charge is -2.30. The smallest absolute Gasteiger partial charge is 0.409 e. The van der Waals surface area contributed by atoms with Crippen LogP contribution < -0.4 is 5.32 Å². The second-order valence-electron chi connectivity index (χ2n) is 4.50. The van der Waals surface area contributed by atoms with Gasteiger partial charge in [-0.2, -0.15) is 0 Å². The fraction of sp³-hybridized carbons (Fsp3) is 0.462. The van der Waals surface area contributed by atoms with E-state index in [1.165, 1.54) is 7.05 Å². The van der Waals surface area contributed by atoms with E-state index in [1.54, 1.807) is 6.07 Å². The molecule has 0 radical (unpaired) electrons. The topological polar surface area (TPSA) is 58.6 Å². The maximum Gasteiger partial charge on any atom is 0.409 e. The molecule has 2 N–H and O–H groups in total. The summed E-state index contributed by atoms with van der Waals surface area (Å²) in [6, 6.07) is 7.33. The molecule has 0 fully saturated rings. The van der Waals surface area contributed by atoms with Crippen LogP contribution in [0.4, 0.5) is 4.79 Å². The number of rotatable bonds is 4. The molecule has 0 aliphatic carbocycles. The van der Waals surface area contributed by atoms with Gasteiger partial charge in [-0.15, -0.1) is 0 Å². The molecule has 0 spiro atoms. The van der Waals surface area contributed by atoms with Crippen molar-refractivity contribution in [2.75, 3.05) is 7.05 Å². The second kappa shape index (κ2) is 6.38. The highest BCUT2D eigenvalue weighted by Crippen LogP contribution is 2.33. The lowest BCUT2D eigenvalue weighted by atomic mass is 9.96. The SMILES string of the molecule is CNC(=O)O[C@@](O)(CC(C)C)c1ccccc1I. The van der Waals surface area contributed by atoms with Gasteiger partial charge in [0.25, 0.3) is 0 Å². The largest absolute Gasteiger partial charge is 0.413 e. The molecule has 5 heteroatoms. The zero-order valence-electron chi connectivity index (χ0n) is 10.7. The van der Waals surface area contributed by atoms with Crippen LogP contribution in [0, 0.1) is 9.49 Å². The number of hydrogen-bond acceptors (Lipinski definition) is 3. The Balaban J connectivity index is 3.11. The summed E-state index contributed by atoms with van der Waals surface area (Å²) in [6.45, 7) is 3.93. The molecule has 18 heavy (non-hydrogen) atoms. The molecule has 0 aromatic heterocycles. The Kier molecular flexibility index (Phi) is 5.40. The van der Waals surface area contributed by atoms with E-state index in [-0.39, 0.29) is 5.92 Å². The van der Waals surface area contributed by atoms with Crippen molar-refractivity contribution in [3.05, 3.63) is 33.4 Å². The van der Waals surface area contributed by atoms with Gasteiger partial charge in [-0.05, 0) is 34.6 Å². The lowest BCUT2D eigenvalue weighted by molar-refractivity contribution is -0.181. The van der Waals surface area contributed by atoms with Crippen LogP contribution in [0.2, 0.25) is 0 Å². The standard InChI is InChI=1S/C13H18INO3/c1-9(2)8-13(17,18-12(16)15-3)10-6-4-5-7-11(10)14/h4-7,9,17H,8H2,1-3H3,(H,15,16)/t13-/m0/s1. The number of nitrogens with one attached hydrogen (secondary N) is 1. The quantitative estimate of drug-likeness (QED) is 0.639. The minimum atomic E-state index is -1.59. The Morgan fingerprint density at radius 1 is 1.50 bits per heavy atom. The number of carbonyl (C=O) groups is 1. The van der Waals surface area contributed by atoms with Crippen molar-refractivity contribution in [1.82, 2.24) is 5.32 Å². The Bertz CT molecular complexity index is 422. The molecule has 4 nitrogen and oxygen atoms in total. The third-order valence-corrected chi connectivity index (χ3v) is 3.39. The van der Waals surface area contributed by atoms with E-state index in [2.05, 4.69) is 27.9 Å². The normalized spacial score (nSPS) is 14.1. The predicted molar refractivity (Wildman–Crippen MR) is 78.1 cm³/mol. The fourth-order valence-corrected chi connectivity index (χ4v) is 2.55. The first-order valence-electron chi connectivity index (χ1n) is 5.77. The third kappa shape index (κ3) is 3.84. The number of benzene rings is 1. The number of hydrogen-bond donors (Lipinski definition) is 2. The number of amides is 1. The number of aliphatic hydroxyl groups is 1. The molecule has 0 heterocycles. The van der Waals surface area contributed by atoms with Gasteiger partial charge in [0.2, 0.25) is 5.79 Å². The van der Waals surface area contributed by atoms with Gasteiger partial charge in [-0.1, -0.05) is 32.0 Å². The van der Waals surface area contributed by atoms with E-state index in [9.17, 15) is 9.90 Å². The maximum atomic E-state index is 11.4. The summed E-state index contributed by atoms with van der Waals surface area (Å²) in [7, 11) is 1.47. The highest BCUT2D eigenvalue weighted by Gasteiger charge is 2.36. The van der Waals surface area contributed by atoms with Crippen molar-refractivity contribution in [1.29, 1.82) is 0 Å². The number of alkyl carbamates (subject to hydrolysis) is 1. The van der Waals surface area contributed by atoms with Crippen LogP contribution in [0.15, 0.2) is 24.3 Å². The molecular formula is C13H18INO3. The van der Waals surface area contributed by atoms with Crippen molar-refractivity contribution in [3.8, 4) is 0 Å². The fourth-order valence-electron chi connectivity index (χ4n) is 1.74. The zero-order chi connectivity index (χ0) is 13.8. The lowest BCUT2D eigenvalue weighted by Crippen LogP contribution is -2.37. The van der Waals surface area contributed by atoms with Gasteiger partial charge in [-0.3, -0.25) is 0 Å². The molecular weight excluding hydrogens is 345 g/mol. The molecule has 1 aromatic carbocycles. The number of ether oxygens (including phenoxy) is 1. The highest BCUT2D eigenvalue weighted by molar-refractivity contribution is 14.1. The summed E-state index contributed by atoms with van der Waals surface area (Å²) < 4.78 is 6.03. The first-order chi connectivity index (χ1) is 8.39. The van der Waals surface area contributed by atoms with Gasteiger partial charge in [-0.25, -0.2) is 4.79 Å². The summed E-state index contributed by atoms with van der Waals surface area (Å²) in [6.07, 6.45) is -0.293. The molecule has 0 unspecified atom stereocenters. The molecule has 0 saturated carbocycles. The van der Waals surface area contributed by atoms with Crippen LogP contribution >= 0.6 is 22.6 Å². The highest BCUT2D eigenvalue weighted by atomic mass is 127. The van der Waals surface area contributed by atoms with E-state index in [0.717, 1.165) is 3.57 Å². The molecule has 0 saturated heterocycles.